The highest BCUT2D eigenvalue weighted by Crippen LogP contribution is 2.27. The molecule has 0 aromatic heterocycles. The van der Waals surface area contributed by atoms with Gasteiger partial charge in [-0.1, -0.05) is 59.8 Å². The molecule has 0 aromatic rings. The van der Waals surface area contributed by atoms with Crippen LogP contribution in [0.25, 0.3) is 0 Å². The number of carboxylic acid groups (broad SMARTS) is 1. The zero-order valence-corrected chi connectivity index (χ0v) is 17.9. The lowest BCUT2D eigenvalue weighted by atomic mass is 9.84. The van der Waals surface area contributed by atoms with E-state index in [2.05, 4.69) is 10.6 Å². The first kappa shape index (κ1) is 24.4. The Labute approximate surface area is 169 Å². The number of carbonyl (C=O) groups excluding carboxylic acids is 2. The van der Waals surface area contributed by atoms with Crippen LogP contribution in [-0.2, 0) is 14.4 Å². The van der Waals surface area contributed by atoms with Crippen molar-refractivity contribution >= 4 is 17.8 Å². The van der Waals surface area contributed by atoms with Gasteiger partial charge in [0.15, 0.2) is 0 Å². The van der Waals surface area contributed by atoms with Crippen LogP contribution < -0.4 is 16.4 Å². The Morgan fingerprint density at radius 3 is 1.93 bits per heavy atom. The van der Waals surface area contributed by atoms with E-state index in [0.717, 1.165) is 25.7 Å². The lowest BCUT2D eigenvalue weighted by Crippen LogP contribution is -2.55. The van der Waals surface area contributed by atoms with Crippen molar-refractivity contribution in [2.45, 2.75) is 97.2 Å². The van der Waals surface area contributed by atoms with E-state index < -0.39 is 30.0 Å². The third-order valence-corrected chi connectivity index (χ3v) is 5.31. The summed E-state index contributed by atoms with van der Waals surface area (Å²) in [5.74, 6) is -1.07. The van der Waals surface area contributed by atoms with Gasteiger partial charge >= 0.3 is 5.97 Å². The Morgan fingerprint density at radius 2 is 1.43 bits per heavy atom. The average Bonchev–Trinajstić information content (AvgIpc) is 2.60. The molecular formula is C21H39N3O4. The van der Waals surface area contributed by atoms with Crippen LogP contribution in [0, 0.1) is 17.8 Å². The highest BCUT2D eigenvalue weighted by molar-refractivity contribution is 5.91. The van der Waals surface area contributed by atoms with E-state index in [1.807, 2.05) is 27.7 Å². The molecule has 1 aliphatic carbocycles. The van der Waals surface area contributed by atoms with Gasteiger partial charge in [-0.15, -0.1) is 0 Å². The Kier molecular flexibility index (Phi) is 10.5. The van der Waals surface area contributed by atoms with Crippen molar-refractivity contribution in [1.29, 1.82) is 0 Å². The van der Waals surface area contributed by atoms with E-state index in [1.165, 1.54) is 6.42 Å². The minimum Gasteiger partial charge on any atom is -0.480 e. The van der Waals surface area contributed by atoms with E-state index in [1.54, 1.807) is 0 Å². The minimum atomic E-state index is -1.02. The lowest BCUT2D eigenvalue weighted by Gasteiger charge is -2.27. The summed E-state index contributed by atoms with van der Waals surface area (Å²) < 4.78 is 0. The van der Waals surface area contributed by atoms with Crippen molar-refractivity contribution in [2.75, 3.05) is 0 Å². The molecule has 0 aliphatic heterocycles. The molecule has 3 atom stereocenters. The monoisotopic (exact) mass is 397 g/mol. The maximum atomic E-state index is 12.8. The van der Waals surface area contributed by atoms with Crippen LogP contribution in [0.15, 0.2) is 0 Å². The van der Waals surface area contributed by atoms with Crippen LogP contribution in [0.4, 0.5) is 0 Å². The number of hydrogen-bond acceptors (Lipinski definition) is 4. The van der Waals surface area contributed by atoms with Gasteiger partial charge in [-0.3, -0.25) is 9.59 Å². The number of rotatable bonds is 11. The molecule has 0 saturated heterocycles. The van der Waals surface area contributed by atoms with Crippen LogP contribution in [0.2, 0.25) is 0 Å². The maximum absolute atomic E-state index is 12.8. The Morgan fingerprint density at radius 1 is 0.893 bits per heavy atom. The van der Waals surface area contributed by atoms with Gasteiger partial charge in [-0.25, -0.2) is 4.79 Å². The lowest BCUT2D eigenvalue weighted by molar-refractivity contribution is -0.143. The molecule has 1 aliphatic rings. The quantitative estimate of drug-likeness (QED) is 0.426. The van der Waals surface area contributed by atoms with Crippen LogP contribution in [-0.4, -0.2) is 41.0 Å². The van der Waals surface area contributed by atoms with Crippen molar-refractivity contribution in [3.63, 3.8) is 0 Å². The predicted molar refractivity (Wildman–Crippen MR) is 110 cm³/mol. The fourth-order valence-corrected chi connectivity index (χ4v) is 3.85. The van der Waals surface area contributed by atoms with E-state index in [-0.39, 0.29) is 17.7 Å². The Bertz CT molecular complexity index is 516. The van der Waals surface area contributed by atoms with E-state index >= 15 is 0 Å². The van der Waals surface area contributed by atoms with E-state index in [4.69, 9.17) is 5.73 Å². The summed E-state index contributed by atoms with van der Waals surface area (Å²) in [5, 5.41) is 15.0. The molecule has 1 fully saturated rings. The number of nitrogens with two attached hydrogens (primary N) is 1. The van der Waals surface area contributed by atoms with Gasteiger partial charge in [0.1, 0.15) is 12.1 Å². The van der Waals surface area contributed by atoms with Crippen molar-refractivity contribution in [2.24, 2.45) is 23.5 Å². The summed E-state index contributed by atoms with van der Waals surface area (Å²) in [5.41, 5.74) is 5.93. The molecule has 0 spiro atoms. The number of hydrogen-bond donors (Lipinski definition) is 4. The maximum Gasteiger partial charge on any atom is 0.326 e. The molecule has 2 amide bonds. The molecule has 5 N–H and O–H groups in total. The molecule has 1 rings (SSSR count). The second-order valence-corrected chi connectivity index (χ2v) is 9.07. The second-order valence-electron chi connectivity index (χ2n) is 9.07. The summed E-state index contributed by atoms with van der Waals surface area (Å²) in [6.07, 6.45) is 6.85. The normalized spacial score (nSPS) is 18.5. The predicted octanol–water partition coefficient (Wildman–Crippen LogP) is 2.43. The van der Waals surface area contributed by atoms with Crippen LogP contribution in [0.5, 0.6) is 0 Å². The molecule has 0 unspecified atom stereocenters. The van der Waals surface area contributed by atoms with Crippen molar-refractivity contribution in [3.8, 4) is 0 Å². The molecule has 7 heteroatoms. The minimum absolute atomic E-state index is 0.166. The smallest absolute Gasteiger partial charge is 0.326 e. The van der Waals surface area contributed by atoms with Crippen molar-refractivity contribution in [3.05, 3.63) is 0 Å². The molecular weight excluding hydrogens is 358 g/mol. The summed E-state index contributed by atoms with van der Waals surface area (Å²) >= 11 is 0. The highest BCUT2D eigenvalue weighted by Gasteiger charge is 2.30. The third-order valence-electron chi connectivity index (χ3n) is 5.31. The Balaban J connectivity index is 2.74. The number of carboxylic acids is 1. The molecule has 162 valence electrons. The topological polar surface area (TPSA) is 122 Å². The number of aliphatic carboxylic acids is 1. The van der Waals surface area contributed by atoms with Gasteiger partial charge in [0, 0.05) is 0 Å². The zero-order valence-electron chi connectivity index (χ0n) is 17.9. The van der Waals surface area contributed by atoms with Gasteiger partial charge in [0.2, 0.25) is 11.8 Å². The van der Waals surface area contributed by atoms with E-state index in [9.17, 15) is 19.5 Å². The SMILES string of the molecule is CC(C)C[C@@H](N)C(=O)N[C@@H](CC(C)C)C(=O)N[C@@H](CC1CCCCC1)C(=O)O. The Hall–Kier alpha value is -1.63. The molecule has 0 heterocycles. The number of amides is 2. The fourth-order valence-electron chi connectivity index (χ4n) is 3.85. The van der Waals surface area contributed by atoms with Crippen LogP contribution >= 0.6 is 0 Å². The fraction of sp³-hybridized carbons (Fsp3) is 0.857. The van der Waals surface area contributed by atoms with E-state index in [0.29, 0.717) is 25.2 Å². The van der Waals surface area contributed by atoms with Crippen molar-refractivity contribution < 1.29 is 19.5 Å². The van der Waals surface area contributed by atoms with Crippen LogP contribution in [0.3, 0.4) is 0 Å². The van der Waals surface area contributed by atoms with Crippen molar-refractivity contribution in [1.82, 2.24) is 10.6 Å². The second kappa shape index (κ2) is 12.0. The summed E-state index contributed by atoms with van der Waals surface area (Å²) in [6.45, 7) is 7.87. The molecule has 7 nitrogen and oxygen atoms in total. The first-order valence-electron chi connectivity index (χ1n) is 10.7. The van der Waals surface area contributed by atoms with Gasteiger partial charge in [0.25, 0.3) is 0 Å². The standard InChI is InChI=1S/C21H39N3O4/c1-13(2)10-16(22)19(25)23-17(11-14(3)4)20(26)24-18(21(27)28)12-15-8-6-5-7-9-15/h13-18H,5-12,22H2,1-4H3,(H,23,25)(H,24,26)(H,27,28)/t16-,17+,18+/m1/s1. The molecule has 0 bridgehead atoms. The summed E-state index contributed by atoms with van der Waals surface area (Å²) in [4.78, 5) is 36.8. The molecule has 0 radical (unpaired) electrons. The molecule has 0 aromatic carbocycles. The van der Waals surface area contributed by atoms with Gasteiger partial charge in [0.05, 0.1) is 6.04 Å². The summed E-state index contributed by atoms with van der Waals surface area (Å²) in [7, 11) is 0. The molecule has 1 saturated carbocycles. The number of nitrogens with one attached hydrogen (secondary N) is 2. The first-order valence-corrected chi connectivity index (χ1v) is 10.7. The summed E-state index contributed by atoms with van der Waals surface area (Å²) in [6, 6.07) is -2.38. The highest BCUT2D eigenvalue weighted by atomic mass is 16.4. The zero-order chi connectivity index (χ0) is 21.3. The van der Waals surface area contributed by atoms with Gasteiger partial charge in [-0.05, 0) is 37.0 Å². The van der Waals surface area contributed by atoms with Gasteiger partial charge < -0.3 is 21.5 Å². The first-order chi connectivity index (χ1) is 13.1. The van der Waals surface area contributed by atoms with Gasteiger partial charge in [-0.2, -0.15) is 0 Å². The average molecular weight is 398 g/mol. The number of carbonyl (C=O) groups is 3. The third kappa shape index (κ3) is 9.04. The van der Waals surface area contributed by atoms with Crippen LogP contribution in [0.1, 0.15) is 79.1 Å². The molecule has 28 heavy (non-hydrogen) atoms. The largest absolute Gasteiger partial charge is 0.480 e.